The standard InChI is InChI=1S/C20H27ClN4O2/c1-5-25(6-2)20-22-13-17(21)18(24-20)19(26)23-14(3)7-8-15-9-11-16(27-4)12-10-15/h9-14H,5-8H2,1-4H3,(H,23,26). The monoisotopic (exact) mass is 390 g/mol. The first-order valence-electron chi connectivity index (χ1n) is 9.19. The third-order valence-corrected chi connectivity index (χ3v) is 4.67. The van der Waals surface area contributed by atoms with E-state index >= 15 is 0 Å². The fourth-order valence-electron chi connectivity index (χ4n) is 2.72. The summed E-state index contributed by atoms with van der Waals surface area (Å²) < 4.78 is 5.17. The Hall–Kier alpha value is -2.34. The van der Waals surface area contributed by atoms with E-state index in [1.807, 2.05) is 49.9 Å². The van der Waals surface area contributed by atoms with Gasteiger partial charge < -0.3 is 15.0 Å². The number of halogens is 1. The molecule has 6 nitrogen and oxygen atoms in total. The van der Waals surface area contributed by atoms with Crippen molar-refractivity contribution in [3.63, 3.8) is 0 Å². The first-order valence-corrected chi connectivity index (χ1v) is 9.57. The number of rotatable bonds is 9. The Morgan fingerprint density at radius 2 is 1.93 bits per heavy atom. The maximum atomic E-state index is 12.6. The van der Waals surface area contributed by atoms with Crippen LogP contribution in [0.4, 0.5) is 5.95 Å². The molecular weight excluding hydrogens is 364 g/mol. The summed E-state index contributed by atoms with van der Waals surface area (Å²) in [6.45, 7) is 7.53. The Bertz CT molecular complexity index is 748. The molecule has 0 aliphatic heterocycles. The van der Waals surface area contributed by atoms with E-state index in [9.17, 15) is 4.79 Å². The Balaban J connectivity index is 1.97. The van der Waals surface area contributed by atoms with Gasteiger partial charge >= 0.3 is 0 Å². The topological polar surface area (TPSA) is 67.4 Å². The van der Waals surface area contributed by atoms with Gasteiger partial charge in [-0.25, -0.2) is 9.97 Å². The number of anilines is 1. The van der Waals surface area contributed by atoms with Crippen LogP contribution in [-0.2, 0) is 6.42 Å². The van der Waals surface area contributed by atoms with Crippen molar-refractivity contribution in [2.24, 2.45) is 0 Å². The molecule has 1 N–H and O–H groups in total. The average molecular weight is 391 g/mol. The maximum absolute atomic E-state index is 12.6. The molecule has 0 fully saturated rings. The number of ether oxygens (including phenoxy) is 1. The molecule has 1 aromatic heterocycles. The van der Waals surface area contributed by atoms with Crippen LogP contribution in [-0.4, -0.2) is 42.1 Å². The molecule has 1 heterocycles. The van der Waals surface area contributed by atoms with E-state index in [4.69, 9.17) is 16.3 Å². The van der Waals surface area contributed by atoms with Gasteiger partial charge in [0.25, 0.3) is 5.91 Å². The smallest absolute Gasteiger partial charge is 0.271 e. The quantitative estimate of drug-likeness (QED) is 0.706. The number of carbonyl (C=O) groups excluding carboxylic acids is 1. The van der Waals surface area contributed by atoms with Crippen LogP contribution >= 0.6 is 11.6 Å². The Labute approximate surface area is 165 Å². The SMILES string of the molecule is CCN(CC)c1ncc(Cl)c(C(=O)NC(C)CCc2ccc(OC)cc2)n1. The maximum Gasteiger partial charge on any atom is 0.271 e. The van der Waals surface area contributed by atoms with Crippen molar-refractivity contribution < 1.29 is 9.53 Å². The molecule has 2 rings (SSSR count). The highest BCUT2D eigenvalue weighted by Gasteiger charge is 2.18. The predicted molar refractivity (Wildman–Crippen MR) is 109 cm³/mol. The van der Waals surface area contributed by atoms with Gasteiger partial charge in [-0.2, -0.15) is 0 Å². The van der Waals surface area contributed by atoms with Gasteiger partial charge in [0.2, 0.25) is 5.95 Å². The highest BCUT2D eigenvalue weighted by atomic mass is 35.5. The summed E-state index contributed by atoms with van der Waals surface area (Å²) in [4.78, 5) is 23.2. The van der Waals surface area contributed by atoms with Crippen molar-refractivity contribution in [1.82, 2.24) is 15.3 Å². The largest absolute Gasteiger partial charge is 0.497 e. The second-order valence-corrected chi connectivity index (χ2v) is 6.71. The normalized spacial score (nSPS) is 11.7. The van der Waals surface area contributed by atoms with Gasteiger partial charge in [0.15, 0.2) is 5.69 Å². The Kier molecular flexibility index (Phi) is 7.85. The molecule has 7 heteroatoms. The van der Waals surface area contributed by atoms with Crippen LogP contribution in [0.3, 0.4) is 0 Å². The van der Waals surface area contributed by atoms with Crippen LogP contribution in [0.5, 0.6) is 5.75 Å². The van der Waals surface area contributed by atoms with E-state index in [2.05, 4.69) is 15.3 Å². The molecule has 0 bridgehead atoms. The van der Waals surface area contributed by atoms with Gasteiger partial charge in [0, 0.05) is 19.1 Å². The summed E-state index contributed by atoms with van der Waals surface area (Å²) in [5.41, 5.74) is 1.41. The average Bonchev–Trinajstić information content (AvgIpc) is 2.68. The molecule has 1 aromatic carbocycles. The molecule has 0 aliphatic rings. The van der Waals surface area contributed by atoms with Crippen molar-refractivity contribution in [2.45, 2.75) is 39.7 Å². The Morgan fingerprint density at radius 1 is 1.26 bits per heavy atom. The molecule has 0 saturated heterocycles. The fourth-order valence-corrected chi connectivity index (χ4v) is 2.89. The molecular formula is C20H27ClN4O2. The minimum Gasteiger partial charge on any atom is -0.497 e. The molecule has 1 atom stereocenters. The van der Waals surface area contributed by atoms with Crippen LogP contribution in [0.1, 0.15) is 43.2 Å². The second kappa shape index (κ2) is 10.1. The van der Waals surface area contributed by atoms with Crippen LogP contribution in [0, 0.1) is 0 Å². The van der Waals surface area contributed by atoms with Gasteiger partial charge in [0.05, 0.1) is 18.3 Å². The lowest BCUT2D eigenvalue weighted by Crippen LogP contribution is -2.34. The molecule has 2 aromatic rings. The molecule has 146 valence electrons. The molecule has 1 amide bonds. The molecule has 0 saturated carbocycles. The Morgan fingerprint density at radius 3 is 2.52 bits per heavy atom. The van der Waals surface area contributed by atoms with E-state index in [1.165, 1.54) is 11.8 Å². The number of hydrogen-bond donors (Lipinski definition) is 1. The van der Waals surface area contributed by atoms with Crippen molar-refractivity contribution in [2.75, 3.05) is 25.1 Å². The molecule has 0 aliphatic carbocycles. The van der Waals surface area contributed by atoms with Crippen LogP contribution in [0.2, 0.25) is 5.02 Å². The lowest BCUT2D eigenvalue weighted by molar-refractivity contribution is 0.0933. The summed E-state index contributed by atoms with van der Waals surface area (Å²) >= 11 is 6.15. The number of carbonyl (C=O) groups is 1. The lowest BCUT2D eigenvalue weighted by atomic mass is 10.1. The van der Waals surface area contributed by atoms with Gasteiger partial charge in [-0.1, -0.05) is 23.7 Å². The van der Waals surface area contributed by atoms with E-state index in [0.29, 0.717) is 5.95 Å². The summed E-state index contributed by atoms with van der Waals surface area (Å²) in [5, 5.41) is 3.23. The van der Waals surface area contributed by atoms with E-state index in [0.717, 1.165) is 31.7 Å². The van der Waals surface area contributed by atoms with Crippen molar-refractivity contribution in [3.05, 3.63) is 46.7 Å². The number of hydrogen-bond acceptors (Lipinski definition) is 5. The summed E-state index contributed by atoms with van der Waals surface area (Å²) in [5.74, 6) is 1.07. The van der Waals surface area contributed by atoms with Crippen molar-refractivity contribution in [3.8, 4) is 5.75 Å². The predicted octanol–water partition coefficient (Wildman–Crippen LogP) is 3.74. The number of nitrogens with zero attached hydrogens (tertiary/aromatic N) is 3. The third-order valence-electron chi connectivity index (χ3n) is 4.40. The highest BCUT2D eigenvalue weighted by Crippen LogP contribution is 2.17. The first kappa shape index (κ1) is 21.0. The highest BCUT2D eigenvalue weighted by molar-refractivity contribution is 6.33. The van der Waals surface area contributed by atoms with Gasteiger partial charge in [-0.3, -0.25) is 4.79 Å². The molecule has 0 spiro atoms. The zero-order chi connectivity index (χ0) is 19.8. The summed E-state index contributed by atoms with van der Waals surface area (Å²) in [6.07, 6.45) is 3.15. The number of benzene rings is 1. The van der Waals surface area contributed by atoms with Crippen LogP contribution < -0.4 is 15.0 Å². The second-order valence-electron chi connectivity index (χ2n) is 6.30. The van der Waals surface area contributed by atoms with Crippen molar-refractivity contribution >= 4 is 23.5 Å². The van der Waals surface area contributed by atoms with Crippen molar-refractivity contribution in [1.29, 1.82) is 0 Å². The summed E-state index contributed by atoms with van der Waals surface area (Å²) in [6, 6.07) is 7.93. The van der Waals surface area contributed by atoms with E-state index < -0.39 is 0 Å². The van der Waals surface area contributed by atoms with Gasteiger partial charge in [-0.15, -0.1) is 0 Å². The molecule has 1 unspecified atom stereocenters. The number of amides is 1. The first-order chi connectivity index (χ1) is 13.0. The number of aromatic nitrogens is 2. The fraction of sp³-hybridized carbons (Fsp3) is 0.450. The van der Waals surface area contributed by atoms with Gasteiger partial charge in [0.1, 0.15) is 5.75 Å². The lowest BCUT2D eigenvalue weighted by Gasteiger charge is -2.19. The van der Waals surface area contributed by atoms with Gasteiger partial charge in [-0.05, 0) is 51.3 Å². The third kappa shape index (κ3) is 5.82. The van der Waals surface area contributed by atoms with Crippen LogP contribution in [0.25, 0.3) is 0 Å². The zero-order valence-electron chi connectivity index (χ0n) is 16.3. The summed E-state index contributed by atoms with van der Waals surface area (Å²) in [7, 11) is 1.65. The number of methoxy groups -OCH3 is 1. The number of nitrogens with one attached hydrogen (secondary N) is 1. The number of aryl methyl sites for hydroxylation is 1. The minimum absolute atomic E-state index is 0.0115. The molecule has 27 heavy (non-hydrogen) atoms. The van der Waals surface area contributed by atoms with E-state index in [1.54, 1.807) is 7.11 Å². The van der Waals surface area contributed by atoms with E-state index in [-0.39, 0.29) is 22.7 Å². The minimum atomic E-state index is -0.280. The zero-order valence-corrected chi connectivity index (χ0v) is 17.1. The molecule has 0 radical (unpaired) electrons. The van der Waals surface area contributed by atoms with Crippen LogP contribution in [0.15, 0.2) is 30.5 Å².